The smallest absolute Gasteiger partial charge is 0.351 e. The normalized spacial score (nSPS) is 11.6. The number of rotatable bonds is 6. The van der Waals surface area contributed by atoms with Crippen molar-refractivity contribution >= 4 is 28.4 Å². The van der Waals surface area contributed by atoms with Crippen LogP contribution in [0.15, 0.2) is 84.9 Å². The number of hydrogen-bond donors (Lipinski definition) is 0. The Balaban J connectivity index is 1.76. The molecule has 0 aliphatic carbocycles. The van der Waals surface area contributed by atoms with Gasteiger partial charge in [-0.3, -0.25) is 4.79 Å². The van der Waals surface area contributed by atoms with Crippen molar-refractivity contribution in [3.63, 3.8) is 0 Å². The second-order valence-electron chi connectivity index (χ2n) is 6.35. The molecule has 0 spiro atoms. The van der Waals surface area contributed by atoms with Gasteiger partial charge >= 0.3 is 6.18 Å². The highest BCUT2D eigenvalue weighted by Crippen LogP contribution is 2.34. The van der Waals surface area contributed by atoms with Gasteiger partial charge in [0.2, 0.25) is 0 Å². The quantitative estimate of drug-likeness (QED) is 0.421. The van der Waals surface area contributed by atoms with Crippen molar-refractivity contribution in [2.75, 3.05) is 11.9 Å². The van der Waals surface area contributed by atoms with Crippen molar-refractivity contribution < 1.29 is 18.0 Å². The zero-order valence-electron chi connectivity index (χ0n) is 15.6. The van der Waals surface area contributed by atoms with E-state index in [4.69, 9.17) is 0 Å². The maximum Gasteiger partial charge on any atom is 0.416 e. The highest BCUT2D eigenvalue weighted by Gasteiger charge is 2.30. The van der Waals surface area contributed by atoms with Crippen molar-refractivity contribution in [2.45, 2.75) is 6.18 Å². The van der Waals surface area contributed by atoms with E-state index >= 15 is 0 Å². The first-order chi connectivity index (χ1) is 13.8. The number of anilines is 1. The zero-order chi connectivity index (χ0) is 21.0. The molecule has 0 atom stereocenters. The third kappa shape index (κ3) is 4.84. The molecule has 0 radical (unpaired) electrons. The molecule has 3 aromatic rings. The number of carbonyl (C=O) groups is 1. The van der Waals surface area contributed by atoms with Crippen LogP contribution in [0.25, 0.3) is 16.0 Å². The van der Waals surface area contributed by atoms with Gasteiger partial charge in [0.15, 0.2) is 5.78 Å². The Bertz CT molecular complexity index is 1050. The standard InChI is InChI=1S/C23H18F3NOS/c1-16(20-12-14-29-22(20)17-7-4-3-5-8-17)21(28)11-13-27(2)19-10-6-9-18(15-19)23(24,25)26/h3-15H,1H2,2H3/b13-11-. The highest BCUT2D eigenvalue weighted by atomic mass is 32.1. The van der Waals surface area contributed by atoms with Crippen LogP contribution in [0.4, 0.5) is 18.9 Å². The fourth-order valence-electron chi connectivity index (χ4n) is 2.76. The summed E-state index contributed by atoms with van der Waals surface area (Å²) in [5.41, 5.74) is 1.67. The number of nitrogens with zero attached hydrogens (tertiary/aromatic N) is 1. The third-order valence-electron chi connectivity index (χ3n) is 4.35. The monoisotopic (exact) mass is 413 g/mol. The number of halogens is 3. The van der Waals surface area contributed by atoms with Crippen LogP contribution in [0.5, 0.6) is 0 Å². The lowest BCUT2D eigenvalue weighted by Gasteiger charge is -2.16. The molecule has 0 saturated carbocycles. The molecule has 2 aromatic carbocycles. The number of allylic oxidation sites excluding steroid dienone is 2. The van der Waals surface area contributed by atoms with Crippen molar-refractivity contribution in [2.24, 2.45) is 0 Å². The largest absolute Gasteiger partial charge is 0.416 e. The molecule has 0 saturated heterocycles. The van der Waals surface area contributed by atoms with E-state index in [0.717, 1.165) is 28.1 Å². The van der Waals surface area contributed by atoms with Gasteiger partial charge in [-0.1, -0.05) is 43.0 Å². The molecule has 0 N–H and O–H groups in total. The first kappa shape index (κ1) is 20.6. The van der Waals surface area contributed by atoms with Gasteiger partial charge in [0, 0.05) is 41.0 Å². The summed E-state index contributed by atoms with van der Waals surface area (Å²) < 4.78 is 38.7. The minimum Gasteiger partial charge on any atom is -0.351 e. The maximum atomic E-state index is 12.9. The van der Waals surface area contributed by atoms with Crippen molar-refractivity contribution in [1.29, 1.82) is 0 Å². The van der Waals surface area contributed by atoms with E-state index in [1.165, 1.54) is 34.6 Å². The van der Waals surface area contributed by atoms with Crippen LogP contribution in [0, 0.1) is 0 Å². The summed E-state index contributed by atoms with van der Waals surface area (Å²) >= 11 is 1.52. The van der Waals surface area contributed by atoms with Crippen LogP contribution in [-0.4, -0.2) is 12.8 Å². The number of ketones is 1. The van der Waals surface area contributed by atoms with Crippen molar-refractivity contribution in [3.05, 3.63) is 96.0 Å². The fraction of sp³-hybridized carbons (Fsp3) is 0.0870. The molecule has 0 fully saturated rings. The predicted octanol–water partition coefficient (Wildman–Crippen LogP) is 6.67. The predicted molar refractivity (Wildman–Crippen MR) is 113 cm³/mol. The molecule has 0 aliphatic heterocycles. The molecule has 0 amide bonds. The molecular weight excluding hydrogens is 395 g/mol. The summed E-state index contributed by atoms with van der Waals surface area (Å²) in [7, 11) is 1.59. The second-order valence-corrected chi connectivity index (χ2v) is 7.26. The van der Waals surface area contributed by atoms with Crippen molar-refractivity contribution in [3.8, 4) is 10.4 Å². The first-order valence-corrected chi connectivity index (χ1v) is 9.60. The molecule has 1 aromatic heterocycles. The zero-order valence-corrected chi connectivity index (χ0v) is 16.4. The van der Waals surface area contributed by atoms with Crippen molar-refractivity contribution in [1.82, 2.24) is 0 Å². The molecule has 148 valence electrons. The topological polar surface area (TPSA) is 20.3 Å². The Labute approximate surface area is 171 Å². The molecule has 0 bridgehead atoms. The number of thiophene rings is 1. The van der Waals surface area contributed by atoms with Gasteiger partial charge < -0.3 is 4.90 Å². The summed E-state index contributed by atoms with van der Waals surface area (Å²) in [6, 6.07) is 16.5. The summed E-state index contributed by atoms with van der Waals surface area (Å²) in [6.07, 6.45) is -1.66. The van der Waals surface area contributed by atoms with Crippen LogP contribution in [0.2, 0.25) is 0 Å². The SMILES string of the molecule is C=C(C(=O)/C=C\N(C)c1cccc(C(F)(F)F)c1)c1ccsc1-c1ccccc1. The Morgan fingerprint density at radius 1 is 1.07 bits per heavy atom. The van der Waals surface area contributed by atoms with E-state index in [1.807, 2.05) is 41.8 Å². The Kier molecular flexibility index (Phi) is 6.03. The number of hydrogen-bond acceptors (Lipinski definition) is 3. The molecule has 0 aliphatic rings. The van der Waals surface area contributed by atoms with E-state index in [9.17, 15) is 18.0 Å². The average Bonchev–Trinajstić information content (AvgIpc) is 3.21. The lowest BCUT2D eigenvalue weighted by Crippen LogP contribution is -2.11. The van der Waals surface area contributed by atoms with Crippen LogP contribution in [0.3, 0.4) is 0 Å². The average molecular weight is 413 g/mol. The number of carbonyl (C=O) groups excluding carboxylic acids is 1. The summed E-state index contributed by atoms with van der Waals surface area (Å²) in [5.74, 6) is -0.306. The lowest BCUT2D eigenvalue weighted by atomic mass is 10.0. The van der Waals surface area contributed by atoms with Gasteiger partial charge in [-0.2, -0.15) is 13.2 Å². The van der Waals surface area contributed by atoms with Gasteiger partial charge in [0.05, 0.1) is 5.56 Å². The van der Waals surface area contributed by atoms with E-state index in [-0.39, 0.29) is 5.78 Å². The summed E-state index contributed by atoms with van der Waals surface area (Å²) in [6.45, 7) is 3.92. The first-order valence-electron chi connectivity index (χ1n) is 8.72. The van der Waals surface area contributed by atoms with Crippen LogP contribution in [0.1, 0.15) is 11.1 Å². The fourth-order valence-corrected chi connectivity index (χ4v) is 3.69. The van der Waals surface area contributed by atoms with Gasteiger partial charge in [-0.25, -0.2) is 0 Å². The summed E-state index contributed by atoms with van der Waals surface area (Å²) in [5, 5.41) is 1.90. The molecule has 1 heterocycles. The Hall–Kier alpha value is -3.12. The van der Waals surface area contributed by atoms with Crippen LogP contribution in [-0.2, 0) is 11.0 Å². The lowest BCUT2D eigenvalue weighted by molar-refractivity contribution is -0.137. The Morgan fingerprint density at radius 3 is 2.48 bits per heavy atom. The van der Waals surface area contributed by atoms with E-state index < -0.39 is 11.7 Å². The van der Waals surface area contributed by atoms with Gasteiger partial charge in [-0.05, 0) is 35.2 Å². The minimum atomic E-state index is -4.42. The molecule has 29 heavy (non-hydrogen) atoms. The van der Waals surface area contributed by atoms with E-state index in [2.05, 4.69) is 6.58 Å². The number of benzene rings is 2. The van der Waals surface area contributed by atoms with Gasteiger partial charge in [-0.15, -0.1) is 11.3 Å². The maximum absolute atomic E-state index is 12.9. The Morgan fingerprint density at radius 2 is 1.79 bits per heavy atom. The van der Waals surface area contributed by atoms with Gasteiger partial charge in [0.1, 0.15) is 0 Å². The van der Waals surface area contributed by atoms with Crippen LogP contribution >= 0.6 is 11.3 Å². The second kappa shape index (κ2) is 8.49. The minimum absolute atomic E-state index is 0.306. The van der Waals surface area contributed by atoms with E-state index in [0.29, 0.717) is 11.3 Å². The molecule has 2 nitrogen and oxygen atoms in total. The third-order valence-corrected chi connectivity index (χ3v) is 5.32. The van der Waals surface area contributed by atoms with Crippen LogP contribution < -0.4 is 4.90 Å². The molecule has 0 unspecified atom stereocenters. The highest BCUT2D eigenvalue weighted by molar-refractivity contribution is 7.14. The number of alkyl halides is 3. The molecule has 6 heteroatoms. The molecular formula is C23H18F3NOS. The van der Waals surface area contributed by atoms with Gasteiger partial charge in [0.25, 0.3) is 0 Å². The summed E-state index contributed by atoms with van der Waals surface area (Å²) in [4.78, 5) is 15.0. The molecule has 3 rings (SSSR count). The van der Waals surface area contributed by atoms with E-state index in [1.54, 1.807) is 13.1 Å².